The Morgan fingerprint density at radius 1 is 0.972 bits per heavy atom. The molecule has 0 fully saturated rings. The van der Waals surface area contributed by atoms with E-state index in [1.54, 1.807) is 18.2 Å². The summed E-state index contributed by atoms with van der Waals surface area (Å²) < 4.78 is 18.9. The van der Waals surface area contributed by atoms with Gasteiger partial charge in [0.25, 0.3) is 5.91 Å². The smallest absolute Gasteiger partial charge is 0.261 e. The van der Waals surface area contributed by atoms with E-state index in [1.807, 2.05) is 44.2 Å². The van der Waals surface area contributed by atoms with E-state index >= 15 is 0 Å². The SMILES string of the molecule is CC[C@@H](C)NC(=O)[C@@H](Cc1ccccc1)N(Cc1ccc(Cl)c(Cl)c1)C(=O)COc1ccc(F)cc1. The predicted molar refractivity (Wildman–Crippen MR) is 141 cm³/mol. The maximum Gasteiger partial charge on any atom is 0.261 e. The van der Waals surface area contributed by atoms with Crippen LogP contribution in [0, 0.1) is 5.82 Å². The highest BCUT2D eigenvalue weighted by molar-refractivity contribution is 6.42. The van der Waals surface area contributed by atoms with Gasteiger partial charge in [0, 0.05) is 19.0 Å². The third-order valence-electron chi connectivity index (χ3n) is 5.79. The minimum absolute atomic E-state index is 0.0619. The normalized spacial score (nSPS) is 12.5. The molecule has 0 heterocycles. The van der Waals surface area contributed by atoms with Crippen LogP contribution in [0.3, 0.4) is 0 Å². The van der Waals surface area contributed by atoms with E-state index in [0.717, 1.165) is 12.0 Å². The van der Waals surface area contributed by atoms with Gasteiger partial charge in [-0.2, -0.15) is 0 Å². The number of benzene rings is 3. The molecule has 0 radical (unpaired) electrons. The molecule has 2 atom stereocenters. The van der Waals surface area contributed by atoms with Crippen LogP contribution >= 0.6 is 23.2 Å². The topological polar surface area (TPSA) is 58.6 Å². The molecule has 0 unspecified atom stereocenters. The van der Waals surface area contributed by atoms with Gasteiger partial charge in [-0.1, -0.05) is 66.5 Å². The second kappa shape index (κ2) is 13.3. The molecule has 0 saturated heterocycles. The van der Waals surface area contributed by atoms with Crippen molar-refractivity contribution in [3.05, 3.63) is 99.8 Å². The van der Waals surface area contributed by atoms with Gasteiger partial charge in [0.15, 0.2) is 6.61 Å². The minimum Gasteiger partial charge on any atom is -0.484 e. The van der Waals surface area contributed by atoms with Gasteiger partial charge in [0.2, 0.25) is 5.91 Å². The van der Waals surface area contributed by atoms with E-state index in [9.17, 15) is 14.0 Å². The molecule has 0 aromatic heterocycles. The number of rotatable bonds is 11. The zero-order valence-electron chi connectivity index (χ0n) is 20.2. The van der Waals surface area contributed by atoms with E-state index in [2.05, 4.69) is 5.32 Å². The summed E-state index contributed by atoms with van der Waals surface area (Å²) in [7, 11) is 0. The largest absolute Gasteiger partial charge is 0.484 e. The molecule has 3 aromatic rings. The predicted octanol–water partition coefficient (Wildman–Crippen LogP) is 6.07. The number of carbonyl (C=O) groups is 2. The number of hydrogen-bond acceptors (Lipinski definition) is 3. The highest BCUT2D eigenvalue weighted by Gasteiger charge is 2.31. The summed E-state index contributed by atoms with van der Waals surface area (Å²) in [6.07, 6.45) is 1.06. The Hall–Kier alpha value is -3.09. The fourth-order valence-corrected chi connectivity index (χ4v) is 3.91. The van der Waals surface area contributed by atoms with Gasteiger partial charge in [0.05, 0.1) is 10.0 Å². The third-order valence-corrected chi connectivity index (χ3v) is 6.52. The highest BCUT2D eigenvalue weighted by atomic mass is 35.5. The maximum absolute atomic E-state index is 13.5. The first-order chi connectivity index (χ1) is 17.3. The Balaban J connectivity index is 1.92. The maximum atomic E-state index is 13.5. The summed E-state index contributed by atoms with van der Waals surface area (Å²) in [5.41, 5.74) is 1.63. The molecule has 0 spiro atoms. The van der Waals surface area contributed by atoms with E-state index in [0.29, 0.717) is 27.8 Å². The first-order valence-electron chi connectivity index (χ1n) is 11.7. The van der Waals surface area contributed by atoms with Crippen LogP contribution in [0.25, 0.3) is 0 Å². The van der Waals surface area contributed by atoms with E-state index < -0.39 is 17.8 Å². The molecular weight excluding hydrogens is 502 g/mol. The van der Waals surface area contributed by atoms with E-state index in [1.165, 1.54) is 29.2 Å². The first kappa shape index (κ1) is 27.5. The monoisotopic (exact) mass is 530 g/mol. The Labute approximate surface area is 221 Å². The van der Waals surface area contributed by atoms with Crippen molar-refractivity contribution in [3.8, 4) is 5.75 Å². The number of nitrogens with zero attached hydrogens (tertiary/aromatic N) is 1. The second-order valence-corrected chi connectivity index (χ2v) is 9.35. The van der Waals surface area contributed by atoms with Crippen molar-refractivity contribution in [2.45, 2.75) is 45.3 Å². The molecule has 1 N–H and O–H groups in total. The quantitative estimate of drug-likeness (QED) is 0.327. The summed E-state index contributed by atoms with van der Waals surface area (Å²) in [5, 5.41) is 3.76. The van der Waals surface area contributed by atoms with Crippen LogP contribution in [0.2, 0.25) is 10.0 Å². The van der Waals surface area contributed by atoms with Crippen molar-refractivity contribution in [1.29, 1.82) is 0 Å². The molecule has 3 aromatic carbocycles. The van der Waals surface area contributed by atoms with Crippen molar-refractivity contribution in [2.24, 2.45) is 0 Å². The van der Waals surface area contributed by atoms with Gasteiger partial charge in [0.1, 0.15) is 17.6 Å². The number of hydrogen-bond donors (Lipinski definition) is 1. The molecule has 0 bridgehead atoms. The molecule has 8 heteroatoms. The van der Waals surface area contributed by atoms with Crippen molar-refractivity contribution >= 4 is 35.0 Å². The van der Waals surface area contributed by atoms with Crippen LogP contribution in [0.1, 0.15) is 31.4 Å². The lowest BCUT2D eigenvalue weighted by Gasteiger charge is -2.32. The summed E-state index contributed by atoms with van der Waals surface area (Å²) in [6.45, 7) is 3.69. The lowest BCUT2D eigenvalue weighted by molar-refractivity contribution is -0.143. The summed E-state index contributed by atoms with van der Waals surface area (Å²) >= 11 is 12.3. The average molecular weight is 531 g/mol. The van der Waals surface area contributed by atoms with Crippen LogP contribution in [0.4, 0.5) is 4.39 Å². The van der Waals surface area contributed by atoms with Crippen molar-refractivity contribution < 1.29 is 18.7 Å². The second-order valence-electron chi connectivity index (χ2n) is 8.54. The van der Waals surface area contributed by atoms with Crippen LogP contribution in [0.15, 0.2) is 72.8 Å². The van der Waals surface area contributed by atoms with Gasteiger partial charge in [-0.05, 0) is 60.9 Å². The van der Waals surface area contributed by atoms with Crippen LogP contribution in [-0.2, 0) is 22.6 Å². The zero-order chi connectivity index (χ0) is 26.1. The zero-order valence-corrected chi connectivity index (χ0v) is 21.7. The molecule has 0 saturated carbocycles. The Morgan fingerprint density at radius 3 is 2.31 bits per heavy atom. The fourth-order valence-electron chi connectivity index (χ4n) is 3.59. The van der Waals surface area contributed by atoms with E-state index in [-0.39, 0.29) is 25.1 Å². The Morgan fingerprint density at radius 2 is 1.67 bits per heavy atom. The molecule has 0 aliphatic heterocycles. The van der Waals surface area contributed by atoms with Crippen molar-refractivity contribution in [3.63, 3.8) is 0 Å². The number of halogens is 3. The van der Waals surface area contributed by atoms with Gasteiger partial charge >= 0.3 is 0 Å². The molecule has 3 rings (SSSR count). The van der Waals surface area contributed by atoms with Crippen LogP contribution in [-0.4, -0.2) is 35.4 Å². The highest BCUT2D eigenvalue weighted by Crippen LogP contribution is 2.24. The van der Waals surface area contributed by atoms with E-state index in [4.69, 9.17) is 27.9 Å². The lowest BCUT2D eigenvalue weighted by Crippen LogP contribution is -2.53. The van der Waals surface area contributed by atoms with Crippen LogP contribution in [0.5, 0.6) is 5.75 Å². The van der Waals surface area contributed by atoms with Crippen LogP contribution < -0.4 is 10.1 Å². The van der Waals surface area contributed by atoms with Gasteiger partial charge in [-0.3, -0.25) is 9.59 Å². The first-order valence-corrected chi connectivity index (χ1v) is 12.5. The number of nitrogens with one attached hydrogen (secondary N) is 1. The van der Waals surface area contributed by atoms with Crippen molar-refractivity contribution in [2.75, 3.05) is 6.61 Å². The Bertz CT molecular complexity index is 1160. The standard InChI is InChI=1S/C28H29Cl2FN2O3/c1-3-19(2)32-28(35)26(16-20-7-5-4-6-8-20)33(17-21-9-14-24(29)25(30)15-21)27(34)18-36-23-12-10-22(31)11-13-23/h4-15,19,26H,3,16-18H2,1-2H3,(H,32,35)/t19-,26-/m1/s1. The molecular formula is C28H29Cl2FN2O3. The Kier molecular flexibility index (Phi) is 10.1. The number of amides is 2. The molecule has 36 heavy (non-hydrogen) atoms. The molecule has 190 valence electrons. The molecule has 0 aliphatic rings. The molecule has 2 amide bonds. The molecule has 5 nitrogen and oxygen atoms in total. The van der Waals surface area contributed by atoms with Gasteiger partial charge < -0.3 is 15.0 Å². The molecule has 0 aliphatic carbocycles. The summed E-state index contributed by atoms with van der Waals surface area (Å²) in [5.74, 6) is -0.712. The summed E-state index contributed by atoms with van der Waals surface area (Å²) in [4.78, 5) is 28.5. The van der Waals surface area contributed by atoms with Crippen molar-refractivity contribution in [1.82, 2.24) is 10.2 Å². The summed E-state index contributed by atoms with van der Waals surface area (Å²) in [6, 6.07) is 19.1. The fraction of sp³-hybridized carbons (Fsp3) is 0.286. The van der Waals surface area contributed by atoms with Gasteiger partial charge in [-0.15, -0.1) is 0 Å². The average Bonchev–Trinajstić information content (AvgIpc) is 2.88. The third kappa shape index (κ3) is 7.97. The van der Waals surface area contributed by atoms with Gasteiger partial charge in [-0.25, -0.2) is 4.39 Å². The minimum atomic E-state index is -0.805. The lowest BCUT2D eigenvalue weighted by atomic mass is 10.0. The number of ether oxygens (including phenoxy) is 1. The number of carbonyl (C=O) groups excluding carboxylic acids is 2.